The van der Waals surface area contributed by atoms with E-state index >= 15 is 0 Å². The number of hydrogen-bond acceptors (Lipinski definition) is 6. The van der Waals surface area contributed by atoms with Gasteiger partial charge in [0.1, 0.15) is 0 Å². The Balaban J connectivity index is 1.38. The lowest BCUT2D eigenvalue weighted by molar-refractivity contribution is 0.0509. The Kier molecular flexibility index (Phi) is 7.07. The van der Waals surface area contributed by atoms with Crippen LogP contribution < -0.4 is 11.2 Å². The van der Waals surface area contributed by atoms with Gasteiger partial charge in [-0.25, -0.2) is 9.78 Å². The van der Waals surface area contributed by atoms with E-state index in [1.165, 1.54) is 16.5 Å². The molecule has 1 aromatic carbocycles. The fraction of sp³-hybridized carbons (Fsp3) is 0.421. The highest BCUT2D eigenvalue weighted by molar-refractivity contribution is 7.99. The van der Waals surface area contributed by atoms with Gasteiger partial charge in [0.2, 0.25) is 0 Å². The van der Waals surface area contributed by atoms with Crippen molar-refractivity contribution in [2.45, 2.75) is 11.4 Å². The van der Waals surface area contributed by atoms with Gasteiger partial charge in [0.05, 0.1) is 32.8 Å². The largest absolute Gasteiger partial charge is 0.378 e. The standard InChI is InChI=1S/C19H24N4O4S/c1-21-17-16(18(24)22(2)19(21)25)23(14-20-17)8-9-26-10-11-27-12-13-28-15-6-4-3-5-7-15/h3-7,14H,8-13H2,1-2H3. The Morgan fingerprint density at radius 3 is 2.43 bits per heavy atom. The summed E-state index contributed by atoms with van der Waals surface area (Å²) >= 11 is 1.76. The van der Waals surface area contributed by atoms with Gasteiger partial charge >= 0.3 is 5.69 Å². The number of rotatable bonds is 10. The van der Waals surface area contributed by atoms with Crippen LogP contribution in [-0.2, 0) is 30.1 Å². The first-order valence-electron chi connectivity index (χ1n) is 9.04. The zero-order valence-corrected chi connectivity index (χ0v) is 16.9. The Morgan fingerprint density at radius 1 is 0.964 bits per heavy atom. The lowest BCUT2D eigenvalue weighted by Crippen LogP contribution is -2.37. The van der Waals surface area contributed by atoms with E-state index in [0.717, 1.165) is 10.3 Å². The summed E-state index contributed by atoms with van der Waals surface area (Å²) in [5.74, 6) is 0.896. The molecule has 0 aliphatic heterocycles. The predicted molar refractivity (Wildman–Crippen MR) is 109 cm³/mol. The molecule has 0 unspecified atom stereocenters. The first-order valence-corrected chi connectivity index (χ1v) is 10.0. The lowest BCUT2D eigenvalue weighted by atomic mass is 10.4. The van der Waals surface area contributed by atoms with Crippen molar-refractivity contribution in [2.75, 3.05) is 32.2 Å². The highest BCUT2D eigenvalue weighted by atomic mass is 32.2. The van der Waals surface area contributed by atoms with E-state index in [4.69, 9.17) is 9.47 Å². The summed E-state index contributed by atoms with van der Waals surface area (Å²) < 4.78 is 15.3. The molecular formula is C19H24N4O4S. The van der Waals surface area contributed by atoms with E-state index in [2.05, 4.69) is 17.1 Å². The van der Waals surface area contributed by atoms with Gasteiger partial charge in [-0.3, -0.25) is 13.9 Å². The second kappa shape index (κ2) is 9.72. The van der Waals surface area contributed by atoms with Crippen molar-refractivity contribution in [3.63, 3.8) is 0 Å². The molecule has 0 aliphatic carbocycles. The number of aryl methyl sites for hydroxylation is 1. The normalized spacial score (nSPS) is 11.4. The van der Waals surface area contributed by atoms with Gasteiger partial charge in [-0.05, 0) is 12.1 Å². The quantitative estimate of drug-likeness (QED) is 0.374. The Bertz CT molecular complexity index is 1030. The predicted octanol–water partition coefficient (Wildman–Crippen LogP) is 1.26. The number of hydrogen-bond donors (Lipinski definition) is 0. The van der Waals surface area contributed by atoms with Gasteiger partial charge in [-0.15, -0.1) is 11.8 Å². The van der Waals surface area contributed by atoms with Crippen molar-refractivity contribution in [2.24, 2.45) is 14.1 Å². The fourth-order valence-electron chi connectivity index (χ4n) is 2.79. The molecule has 8 nitrogen and oxygen atoms in total. The number of fused-ring (bicyclic) bond motifs is 1. The molecule has 0 amide bonds. The zero-order valence-electron chi connectivity index (χ0n) is 16.0. The third kappa shape index (κ3) is 4.73. The van der Waals surface area contributed by atoms with E-state index in [1.807, 2.05) is 18.2 Å². The molecule has 3 rings (SSSR count). The molecule has 0 aliphatic rings. The molecule has 0 saturated carbocycles. The Morgan fingerprint density at radius 2 is 1.68 bits per heavy atom. The summed E-state index contributed by atoms with van der Waals surface area (Å²) in [5, 5.41) is 0. The molecule has 0 bridgehead atoms. The summed E-state index contributed by atoms with van der Waals surface area (Å²) in [6, 6.07) is 10.2. The first kappa shape index (κ1) is 20.4. The number of nitrogens with zero attached hydrogens (tertiary/aromatic N) is 4. The molecule has 0 saturated heterocycles. The third-order valence-electron chi connectivity index (χ3n) is 4.31. The molecule has 0 fully saturated rings. The van der Waals surface area contributed by atoms with Crippen molar-refractivity contribution < 1.29 is 9.47 Å². The maximum Gasteiger partial charge on any atom is 0.332 e. The number of imidazole rings is 1. The van der Waals surface area contributed by atoms with Crippen molar-refractivity contribution in [1.82, 2.24) is 18.7 Å². The lowest BCUT2D eigenvalue weighted by Gasteiger charge is -2.08. The molecule has 2 heterocycles. The second-order valence-corrected chi connectivity index (χ2v) is 7.37. The minimum absolute atomic E-state index is 0.352. The molecule has 3 aromatic rings. The van der Waals surface area contributed by atoms with Crippen LogP contribution in [0.4, 0.5) is 0 Å². The van der Waals surface area contributed by atoms with Gasteiger partial charge in [0, 0.05) is 31.3 Å². The van der Waals surface area contributed by atoms with Gasteiger partial charge in [0.25, 0.3) is 5.56 Å². The summed E-state index contributed by atoms with van der Waals surface area (Å²) in [5.41, 5.74) is 0.0474. The highest BCUT2D eigenvalue weighted by Crippen LogP contribution is 2.16. The second-order valence-electron chi connectivity index (χ2n) is 6.20. The van der Waals surface area contributed by atoms with Gasteiger partial charge < -0.3 is 14.0 Å². The van der Waals surface area contributed by atoms with E-state index in [9.17, 15) is 9.59 Å². The molecule has 0 N–H and O–H groups in total. The topological polar surface area (TPSA) is 80.3 Å². The van der Waals surface area contributed by atoms with E-state index < -0.39 is 0 Å². The molecule has 0 atom stereocenters. The smallest absolute Gasteiger partial charge is 0.332 e. The average Bonchev–Trinajstić information content (AvgIpc) is 3.14. The van der Waals surface area contributed by atoms with Crippen molar-refractivity contribution in [3.8, 4) is 0 Å². The van der Waals surface area contributed by atoms with E-state index in [0.29, 0.717) is 44.1 Å². The summed E-state index contributed by atoms with van der Waals surface area (Å²) in [7, 11) is 3.07. The average molecular weight is 404 g/mol. The van der Waals surface area contributed by atoms with Gasteiger partial charge in [-0.2, -0.15) is 0 Å². The van der Waals surface area contributed by atoms with Crippen LogP contribution in [0.25, 0.3) is 11.2 Å². The van der Waals surface area contributed by atoms with Crippen LogP contribution in [0.3, 0.4) is 0 Å². The monoisotopic (exact) mass is 404 g/mol. The maximum absolute atomic E-state index is 12.3. The molecular weight excluding hydrogens is 380 g/mol. The van der Waals surface area contributed by atoms with E-state index in [-0.39, 0.29) is 11.2 Å². The van der Waals surface area contributed by atoms with Crippen LogP contribution in [0, 0.1) is 0 Å². The molecule has 0 radical (unpaired) electrons. The number of thioether (sulfide) groups is 1. The molecule has 0 spiro atoms. The van der Waals surface area contributed by atoms with Crippen LogP contribution in [0.2, 0.25) is 0 Å². The van der Waals surface area contributed by atoms with Gasteiger partial charge in [0.15, 0.2) is 11.2 Å². The third-order valence-corrected chi connectivity index (χ3v) is 5.28. The van der Waals surface area contributed by atoms with Crippen LogP contribution >= 0.6 is 11.8 Å². The van der Waals surface area contributed by atoms with Crippen LogP contribution in [0.5, 0.6) is 0 Å². The zero-order chi connectivity index (χ0) is 19.9. The van der Waals surface area contributed by atoms with Crippen molar-refractivity contribution in [1.29, 1.82) is 0 Å². The molecule has 150 valence electrons. The summed E-state index contributed by atoms with van der Waals surface area (Å²) in [6.07, 6.45) is 1.56. The summed E-state index contributed by atoms with van der Waals surface area (Å²) in [4.78, 5) is 29.7. The van der Waals surface area contributed by atoms with Crippen molar-refractivity contribution in [3.05, 3.63) is 57.5 Å². The fourth-order valence-corrected chi connectivity index (χ4v) is 3.57. The van der Waals surface area contributed by atoms with Gasteiger partial charge in [-0.1, -0.05) is 18.2 Å². The number of aromatic nitrogens is 4. The van der Waals surface area contributed by atoms with E-state index in [1.54, 1.807) is 29.7 Å². The molecule has 28 heavy (non-hydrogen) atoms. The molecule has 9 heteroatoms. The number of ether oxygens (including phenoxy) is 2. The number of benzene rings is 1. The van der Waals surface area contributed by atoms with Crippen LogP contribution in [0.1, 0.15) is 0 Å². The van der Waals surface area contributed by atoms with Crippen molar-refractivity contribution >= 4 is 22.9 Å². The first-order chi connectivity index (χ1) is 13.6. The van der Waals surface area contributed by atoms with Crippen LogP contribution in [-0.4, -0.2) is 50.9 Å². The summed E-state index contributed by atoms with van der Waals surface area (Å²) in [6.45, 7) is 2.59. The minimum atomic E-state index is -0.387. The Hall–Kier alpha value is -2.36. The highest BCUT2D eigenvalue weighted by Gasteiger charge is 2.13. The Labute approximate surface area is 166 Å². The minimum Gasteiger partial charge on any atom is -0.378 e. The SMILES string of the molecule is Cn1c(=O)c2c(ncn2CCOCCOCCSc2ccccc2)n(C)c1=O. The maximum atomic E-state index is 12.3. The van der Waals surface area contributed by atoms with Crippen LogP contribution in [0.15, 0.2) is 51.1 Å². The molecule has 2 aromatic heterocycles.